The highest BCUT2D eigenvalue weighted by Crippen LogP contribution is 2.18. The molecule has 1 aliphatic carbocycles. The van der Waals surface area contributed by atoms with Crippen molar-refractivity contribution in [3.05, 3.63) is 59.4 Å². The van der Waals surface area contributed by atoms with Crippen LogP contribution in [0, 0.1) is 0 Å². The minimum absolute atomic E-state index is 0.709. The topological polar surface area (TPSA) is 24.8 Å². The standard InChI is InChI=1S/C10H16N2.C9H12O/c1-4-5-9-6-7-12(3)8-10(9)11-2;1-10-8-9-6-4-2-3-5-7-9/h4-5H,2,6-8H2,1,3H3;2,4-7H,3,8H2,1H3/b5-4-;. The first-order chi connectivity index (χ1) is 10.7. The molecule has 0 unspecified atom stereocenters. The molecular formula is C19H28N2O. The molecule has 3 heteroatoms. The van der Waals surface area contributed by atoms with Gasteiger partial charge >= 0.3 is 0 Å². The van der Waals surface area contributed by atoms with Crippen molar-refractivity contribution in [3.63, 3.8) is 0 Å². The van der Waals surface area contributed by atoms with Gasteiger partial charge in [0.05, 0.1) is 12.3 Å². The Morgan fingerprint density at radius 3 is 2.91 bits per heavy atom. The molecule has 0 bridgehead atoms. The third-order valence-electron chi connectivity index (χ3n) is 3.47. The summed E-state index contributed by atoms with van der Waals surface area (Å²) < 4.78 is 4.98. The Morgan fingerprint density at radius 1 is 1.41 bits per heavy atom. The zero-order chi connectivity index (χ0) is 16.2. The maximum atomic E-state index is 4.98. The van der Waals surface area contributed by atoms with Gasteiger partial charge in [-0.25, -0.2) is 0 Å². The average Bonchev–Trinajstić information content (AvgIpc) is 2.79. The van der Waals surface area contributed by atoms with Crippen molar-refractivity contribution in [1.82, 2.24) is 4.90 Å². The van der Waals surface area contributed by atoms with Crippen LogP contribution in [0.2, 0.25) is 0 Å². The van der Waals surface area contributed by atoms with E-state index in [2.05, 4.69) is 66.2 Å². The predicted molar refractivity (Wildman–Crippen MR) is 96.4 cm³/mol. The Labute approximate surface area is 135 Å². The van der Waals surface area contributed by atoms with Gasteiger partial charge in [0.2, 0.25) is 0 Å². The van der Waals surface area contributed by atoms with E-state index < -0.39 is 0 Å². The van der Waals surface area contributed by atoms with E-state index in [0.717, 1.165) is 31.6 Å². The van der Waals surface area contributed by atoms with Gasteiger partial charge in [-0.1, -0.05) is 42.5 Å². The third-order valence-corrected chi connectivity index (χ3v) is 3.47. The molecule has 0 fully saturated rings. The van der Waals surface area contributed by atoms with Gasteiger partial charge in [0.15, 0.2) is 0 Å². The summed E-state index contributed by atoms with van der Waals surface area (Å²) in [5.74, 6) is 0. The zero-order valence-corrected chi connectivity index (χ0v) is 14.1. The molecule has 0 N–H and O–H groups in total. The molecule has 0 saturated carbocycles. The zero-order valence-electron chi connectivity index (χ0n) is 14.1. The fourth-order valence-electron chi connectivity index (χ4n) is 2.31. The first-order valence-electron chi connectivity index (χ1n) is 7.72. The lowest BCUT2D eigenvalue weighted by Crippen LogP contribution is -2.26. The smallest absolute Gasteiger partial charge is 0.0712 e. The summed E-state index contributed by atoms with van der Waals surface area (Å²) in [5, 5.41) is 0. The van der Waals surface area contributed by atoms with E-state index in [1.54, 1.807) is 7.11 Å². The predicted octanol–water partition coefficient (Wildman–Crippen LogP) is 3.93. The highest BCUT2D eigenvalue weighted by atomic mass is 16.5. The van der Waals surface area contributed by atoms with Crippen LogP contribution in [-0.2, 0) is 4.74 Å². The second kappa shape index (κ2) is 10.9. The molecule has 0 amide bonds. The number of methoxy groups -OCH3 is 1. The Morgan fingerprint density at radius 2 is 2.23 bits per heavy atom. The molecule has 0 atom stereocenters. The molecule has 0 saturated heterocycles. The number of nitrogens with zero attached hydrogens (tertiary/aromatic N) is 2. The average molecular weight is 300 g/mol. The Balaban J connectivity index is 0.000000224. The molecule has 2 rings (SSSR count). The Hall–Kier alpha value is -1.71. The maximum absolute atomic E-state index is 4.98. The van der Waals surface area contributed by atoms with Crippen molar-refractivity contribution in [3.8, 4) is 0 Å². The number of hydrogen-bond acceptors (Lipinski definition) is 3. The van der Waals surface area contributed by atoms with E-state index in [9.17, 15) is 0 Å². The van der Waals surface area contributed by atoms with Crippen molar-refractivity contribution in [2.24, 2.45) is 4.99 Å². The lowest BCUT2D eigenvalue weighted by Gasteiger charge is -2.23. The number of rotatable bonds is 4. The number of hydrogen-bond donors (Lipinski definition) is 0. The number of aliphatic imine (C=N–C) groups is 1. The Kier molecular flexibility index (Phi) is 9.12. The van der Waals surface area contributed by atoms with Gasteiger partial charge < -0.3 is 9.64 Å². The molecule has 2 aliphatic rings. The van der Waals surface area contributed by atoms with E-state index in [4.69, 9.17) is 4.74 Å². The normalized spacial score (nSPS) is 18.8. The summed E-state index contributed by atoms with van der Waals surface area (Å²) in [6, 6.07) is 0. The molecule has 0 aromatic rings. The summed E-state index contributed by atoms with van der Waals surface area (Å²) in [7, 11) is 3.82. The van der Waals surface area contributed by atoms with Crippen LogP contribution in [-0.4, -0.2) is 45.5 Å². The van der Waals surface area contributed by atoms with Crippen LogP contribution in [0.4, 0.5) is 0 Å². The molecule has 0 aromatic carbocycles. The maximum Gasteiger partial charge on any atom is 0.0712 e. The van der Waals surface area contributed by atoms with Crippen LogP contribution in [0.1, 0.15) is 19.8 Å². The summed E-state index contributed by atoms with van der Waals surface area (Å²) in [6.45, 7) is 8.38. The summed E-state index contributed by atoms with van der Waals surface area (Å²) >= 11 is 0. The fraction of sp³-hybridized carbons (Fsp3) is 0.421. The van der Waals surface area contributed by atoms with Crippen LogP contribution in [0.25, 0.3) is 0 Å². The van der Waals surface area contributed by atoms with Gasteiger partial charge in [-0.05, 0) is 44.7 Å². The fourth-order valence-corrected chi connectivity index (χ4v) is 2.31. The van der Waals surface area contributed by atoms with Gasteiger partial charge in [-0.2, -0.15) is 0 Å². The van der Waals surface area contributed by atoms with Gasteiger partial charge in [-0.3, -0.25) is 4.99 Å². The van der Waals surface area contributed by atoms with Crippen molar-refractivity contribution in [1.29, 1.82) is 0 Å². The minimum Gasteiger partial charge on any atom is -0.380 e. The summed E-state index contributed by atoms with van der Waals surface area (Å²) in [4.78, 5) is 6.30. The minimum atomic E-state index is 0.709. The van der Waals surface area contributed by atoms with Crippen LogP contribution in [0.5, 0.6) is 0 Å². The monoisotopic (exact) mass is 300 g/mol. The highest BCUT2D eigenvalue weighted by Gasteiger charge is 2.12. The quantitative estimate of drug-likeness (QED) is 0.735. The van der Waals surface area contributed by atoms with Crippen LogP contribution in [0.3, 0.4) is 0 Å². The lowest BCUT2D eigenvalue weighted by atomic mass is 10.1. The van der Waals surface area contributed by atoms with Gasteiger partial charge in [0.25, 0.3) is 0 Å². The number of allylic oxidation sites excluding steroid dienone is 6. The van der Waals surface area contributed by atoms with E-state index in [1.807, 2.05) is 6.92 Å². The molecule has 1 heterocycles. The number of ether oxygens (including phenoxy) is 1. The molecule has 22 heavy (non-hydrogen) atoms. The van der Waals surface area contributed by atoms with Crippen molar-refractivity contribution in [2.45, 2.75) is 19.8 Å². The van der Waals surface area contributed by atoms with Gasteiger partial charge in [-0.15, -0.1) is 0 Å². The van der Waals surface area contributed by atoms with Crippen molar-refractivity contribution >= 4 is 6.72 Å². The summed E-state index contributed by atoms with van der Waals surface area (Å²) in [5.41, 5.74) is 3.70. The largest absolute Gasteiger partial charge is 0.380 e. The van der Waals surface area contributed by atoms with E-state index >= 15 is 0 Å². The molecule has 0 radical (unpaired) electrons. The van der Waals surface area contributed by atoms with E-state index in [-0.39, 0.29) is 0 Å². The second-order valence-electron chi connectivity index (χ2n) is 5.36. The number of likely N-dealkylation sites (N-methyl/N-ethyl adjacent to an activating group) is 1. The van der Waals surface area contributed by atoms with E-state index in [1.165, 1.54) is 11.1 Å². The molecule has 0 aromatic heterocycles. The summed E-state index contributed by atoms with van der Waals surface area (Å²) in [6.07, 6.45) is 16.8. The van der Waals surface area contributed by atoms with Crippen LogP contribution >= 0.6 is 0 Å². The molecule has 1 aliphatic heterocycles. The van der Waals surface area contributed by atoms with Gasteiger partial charge in [0, 0.05) is 20.2 Å². The second-order valence-corrected chi connectivity index (χ2v) is 5.36. The van der Waals surface area contributed by atoms with Gasteiger partial charge in [0.1, 0.15) is 0 Å². The van der Waals surface area contributed by atoms with Crippen molar-refractivity contribution < 1.29 is 4.74 Å². The lowest BCUT2D eigenvalue weighted by molar-refractivity contribution is 0.228. The highest BCUT2D eigenvalue weighted by molar-refractivity contribution is 5.36. The molecule has 3 nitrogen and oxygen atoms in total. The Bertz CT molecular complexity index is 496. The third kappa shape index (κ3) is 6.83. The van der Waals surface area contributed by atoms with Crippen LogP contribution in [0.15, 0.2) is 64.4 Å². The first-order valence-corrected chi connectivity index (χ1v) is 7.72. The first kappa shape index (κ1) is 18.3. The van der Waals surface area contributed by atoms with Crippen LogP contribution < -0.4 is 0 Å². The SMILES string of the molecule is C=NC1=C(/C=C\C)CCN(C)C1.COCC1=CC=CCC=C1. The van der Waals surface area contributed by atoms with Crippen molar-refractivity contribution in [2.75, 3.05) is 33.9 Å². The molecule has 120 valence electrons. The van der Waals surface area contributed by atoms with E-state index in [0.29, 0.717) is 6.61 Å². The molecular weight excluding hydrogens is 272 g/mol. The molecule has 0 spiro atoms.